The van der Waals surface area contributed by atoms with Crippen molar-refractivity contribution in [2.45, 2.75) is 65.6 Å². The van der Waals surface area contributed by atoms with E-state index in [-0.39, 0.29) is 8.04 Å². The molecule has 0 aliphatic carbocycles. The first kappa shape index (κ1) is 37.3. The summed E-state index contributed by atoms with van der Waals surface area (Å²) in [4.78, 5) is 0. The van der Waals surface area contributed by atoms with Gasteiger partial charge in [-0.05, 0) is 64.9 Å². The Balaban J connectivity index is 1.36. The molecule has 5 aromatic carbocycles. The number of hydrogen-bond acceptors (Lipinski definition) is 5. The first-order valence-corrected chi connectivity index (χ1v) is 19.8. The zero-order valence-electron chi connectivity index (χ0n) is 27.9. The highest BCUT2D eigenvalue weighted by Crippen LogP contribution is 2.42. The lowest BCUT2D eigenvalue weighted by Crippen LogP contribution is -2.58. The van der Waals surface area contributed by atoms with E-state index in [0.29, 0.717) is 37.9 Å². The Kier molecular flexibility index (Phi) is 14.0. The van der Waals surface area contributed by atoms with Gasteiger partial charge in [0.1, 0.15) is 36.3 Å². The van der Waals surface area contributed by atoms with Crippen molar-refractivity contribution in [3.63, 3.8) is 0 Å². The molecule has 0 aromatic heterocycles. The second kappa shape index (κ2) is 18.8. The number of benzene rings is 5. The minimum absolute atomic E-state index is 0.0852. The average molecular weight is 915 g/mol. The van der Waals surface area contributed by atoms with Crippen LogP contribution >= 0.6 is 56.8 Å². The summed E-state index contributed by atoms with van der Waals surface area (Å²) in [5.41, 5.74) is 6.39. The van der Waals surface area contributed by atoms with Gasteiger partial charge in [0.15, 0.2) is 0 Å². The van der Waals surface area contributed by atoms with Gasteiger partial charge in [0, 0.05) is 5.02 Å². The minimum Gasteiger partial charge on any atom is -0.494 e. The second-order valence-corrected chi connectivity index (χ2v) is 17.7. The SMILES string of the molecule is CCOc1ccc(Cc2cc([C@@H]3OC(C(I)I)[C@@H](OCc4ccccc4)[C@H](OCc4ccccc4)[C@H]3OCc3ccccc3)ccc2Cl)cc1. The Morgan fingerprint density at radius 3 is 1.66 bits per heavy atom. The molecule has 0 saturated carbocycles. The van der Waals surface area contributed by atoms with E-state index in [9.17, 15) is 0 Å². The van der Waals surface area contributed by atoms with Gasteiger partial charge in [0.2, 0.25) is 0 Å². The van der Waals surface area contributed by atoms with E-state index in [1.54, 1.807) is 0 Å². The highest BCUT2D eigenvalue weighted by molar-refractivity contribution is 14.2. The summed E-state index contributed by atoms with van der Waals surface area (Å²) in [5.74, 6) is 0.855. The predicted octanol–water partition coefficient (Wildman–Crippen LogP) is 10.7. The van der Waals surface area contributed by atoms with E-state index in [0.717, 1.165) is 39.1 Å². The van der Waals surface area contributed by atoms with E-state index in [2.05, 4.69) is 106 Å². The normalized spacial score (nSPS) is 20.5. The van der Waals surface area contributed by atoms with Crippen LogP contribution in [0.15, 0.2) is 133 Å². The van der Waals surface area contributed by atoms with E-state index < -0.39 is 24.4 Å². The van der Waals surface area contributed by atoms with Crippen LogP contribution in [0.2, 0.25) is 5.02 Å². The van der Waals surface area contributed by atoms with Gasteiger partial charge in [0.05, 0.1) is 28.4 Å². The third-order valence-electron chi connectivity index (χ3n) is 8.70. The van der Waals surface area contributed by atoms with Crippen molar-refractivity contribution < 1.29 is 23.7 Å². The van der Waals surface area contributed by atoms with Crippen molar-refractivity contribution in [2.24, 2.45) is 0 Å². The third kappa shape index (κ3) is 10.1. The van der Waals surface area contributed by atoms with Crippen molar-refractivity contribution in [1.29, 1.82) is 0 Å². The molecule has 1 saturated heterocycles. The Morgan fingerprint density at radius 2 is 1.14 bits per heavy atom. The lowest BCUT2D eigenvalue weighted by molar-refractivity contribution is -0.263. The molecule has 0 radical (unpaired) electrons. The van der Waals surface area contributed by atoms with Gasteiger partial charge in [-0.25, -0.2) is 0 Å². The molecule has 1 heterocycles. The third-order valence-corrected chi connectivity index (χ3v) is 10.5. The number of halogens is 3. The first-order valence-electron chi connectivity index (χ1n) is 16.9. The van der Waals surface area contributed by atoms with Gasteiger partial charge in [-0.3, -0.25) is 0 Å². The zero-order chi connectivity index (χ0) is 34.7. The monoisotopic (exact) mass is 914 g/mol. The molecule has 0 spiro atoms. The Morgan fingerprint density at radius 1 is 0.620 bits per heavy atom. The molecule has 6 rings (SSSR count). The number of ether oxygens (including phenoxy) is 5. The molecular formula is C42H41ClI2O5. The lowest BCUT2D eigenvalue weighted by Gasteiger charge is -2.47. The molecule has 1 unspecified atom stereocenters. The van der Waals surface area contributed by atoms with Crippen LogP contribution in [0, 0.1) is 0 Å². The van der Waals surface area contributed by atoms with Crippen molar-refractivity contribution in [3.8, 4) is 5.75 Å². The molecule has 50 heavy (non-hydrogen) atoms. The van der Waals surface area contributed by atoms with Crippen LogP contribution < -0.4 is 4.74 Å². The van der Waals surface area contributed by atoms with Gasteiger partial charge in [-0.1, -0.05) is 172 Å². The van der Waals surface area contributed by atoms with Crippen LogP contribution in [0.25, 0.3) is 0 Å². The summed E-state index contributed by atoms with van der Waals surface area (Å²) < 4.78 is 33.4. The topological polar surface area (TPSA) is 46.2 Å². The van der Waals surface area contributed by atoms with Crippen LogP contribution in [0.4, 0.5) is 0 Å². The van der Waals surface area contributed by atoms with Crippen LogP contribution in [0.3, 0.4) is 0 Å². The summed E-state index contributed by atoms with van der Waals surface area (Å²) in [6, 6.07) is 45.1. The molecular weight excluding hydrogens is 874 g/mol. The maximum absolute atomic E-state index is 7.10. The fourth-order valence-corrected chi connectivity index (χ4v) is 7.54. The quantitative estimate of drug-likeness (QED) is 0.0774. The van der Waals surface area contributed by atoms with Gasteiger partial charge >= 0.3 is 0 Å². The van der Waals surface area contributed by atoms with Gasteiger partial charge in [0.25, 0.3) is 0 Å². The fourth-order valence-electron chi connectivity index (χ4n) is 6.20. The standard InChI is InChI=1S/C42H41ClI2O5/c1-2-46-35-21-18-29(19-22-35)24-34-25-33(20-23-36(34)43)37-38(47-26-30-12-6-3-7-13-30)39(48-27-31-14-8-4-9-15-31)40(41(50-37)42(44)45)49-28-32-16-10-5-11-17-32/h3-23,25,37-42H,2,24,26-28H2,1H3/t37-,38-,39+,40-,41?/m0/s1. The van der Waals surface area contributed by atoms with E-state index >= 15 is 0 Å². The van der Waals surface area contributed by atoms with Gasteiger partial charge in [-0.2, -0.15) is 0 Å². The van der Waals surface area contributed by atoms with E-state index in [4.69, 9.17) is 35.3 Å². The summed E-state index contributed by atoms with van der Waals surface area (Å²) in [6.07, 6.45) is -1.38. The first-order chi connectivity index (χ1) is 24.5. The highest BCUT2D eigenvalue weighted by atomic mass is 127. The van der Waals surface area contributed by atoms with Gasteiger partial charge in [-0.15, -0.1) is 0 Å². The fraction of sp³-hybridized carbons (Fsp3) is 0.286. The van der Waals surface area contributed by atoms with Crippen LogP contribution in [0.5, 0.6) is 5.75 Å². The van der Waals surface area contributed by atoms with Crippen molar-refractivity contribution >= 4 is 56.8 Å². The second-order valence-electron chi connectivity index (χ2n) is 12.2. The molecule has 1 aliphatic rings. The predicted molar refractivity (Wildman–Crippen MR) is 216 cm³/mol. The smallest absolute Gasteiger partial charge is 0.119 e. The summed E-state index contributed by atoms with van der Waals surface area (Å²) in [6.45, 7) is 3.86. The molecule has 5 atom stereocenters. The minimum atomic E-state index is -0.484. The van der Waals surface area contributed by atoms with Crippen LogP contribution in [-0.2, 0) is 45.2 Å². The van der Waals surface area contributed by atoms with Crippen LogP contribution in [0.1, 0.15) is 46.4 Å². The molecule has 8 heteroatoms. The summed E-state index contributed by atoms with van der Waals surface area (Å²) in [7, 11) is 0. The maximum Gasteiger partial charge on any atom is 0.119 e. The number of hydrogen-bond donors (Lipinski definition) is 0. The average Bonchev–Trinajstić information content (AvgIpc) is 3.15. The molecule has 1 aliphatic heterocycles. The largest absolute Gasteiger partial charge is 0.494 e. The van der Waals surface area contributed by atoms with Crippen molar-refractivity contribution in [1.82, 2.24) is 0 Å². The van der Waals surface area contributed by atoms with Crippen LogP contribution in [-0.4, -0.2) is 33.0 Å². The van der Waals surface area contributed by atoms with Crippen molar-refractivity contribution in [3.05, 3.63) is 172 Å². The summed E-state index contributed by atoms with van der Waals surface area (Å²) in [5, 5.41) is 0.707. The Labute approximate surface area is 327 Å². The molecule has 0 amide bonds. The molecule has 260 valence electrons. The van der Waals surface area contributed by atoms with E-state index in [1.807, 2.05) is 79.7 Å². The lowest BCUT2D eigenvalue weighted by atomic mass is 9.89. The summed E-state index contributed by atoms with van der Waals surface area (Å²) >= 11 is 11.7. The molecule has 5 aromatic rings. The molecule has 0 N–H and O–H groups in total. The molecule has 1 fully saturated rings. The van der Waals surface area contributed by atoms with Gasteiger partial charge < -0.3 is 23.7 Å². The Bertz CT molecular complexity index is 1740. The molecule has 0 bridgehead atoms. The number of alkyl halides is 2. The van der Waals surface area contributed by atoms with E-state index in [1.165, 1.54) is 0 Å². The highest BCUT2D eigenvalue weighted by Gasteiger charge is 2.50. The molecule has 5 nitrogen and oxygen atoms in total. The van der Waals surface area contributed by atoms with Crippen molar-refractivity contribution in [2.75, 3.05) is 6.61 Å². The Hall–Kier alpha value is -2.51. The zero-order valence-corrected chi connectivity index (χ0v) is 32.9. The number of rotatable bonds is 15. The maximum atomic E-state index is 7.10.